The molecule has 6 aromatic carbocycles. The van der Waals surface area contributed by atoms with Crippen LogP contribution in [0, 0.1) is 0 Å². The lowest BCUT2D eigenvalue weighted by Crippen LogP contribution is -2.20. The second-order valence-corrected chi connectivity index (χ2v) is 9.60. The summed E-state index contributed by atoms with van der Waals surface area (Å²) in [5, 5.41) is 31.3. The van der Waals surface area contributed by atoms with Gasteiger partial charge in [0.1, 0.15) is 5.75 Å². The highest BCUT2D eigenvalue weighted by atomic mass is 16.3. The molecule has 1 aliphatic carbocycles. The van der Waals surface area contributed by atoms with Gasteiger partial charge in [0.2, 0.25) is 0 Å². The maximum absolute atomic E-state index is 13.3. The number of rotatable bonds is 4. The minimum atomic E-state index is -0.243. The quantitative estimate of drug-likeness (QED) is 0.228. The maximum atomic E-state index is 13.3. The smallest absolute Gasteiger partial charge is 0.196 e. The van der Waals surface area contributed by atoms with Crippen LogP contribution in [0.2, 0.25) is 0 Å². The highest BCUT2D eigenvalue weighted by Gasteiger charge is 2.31. The molecule has 0 spiro atoms. The molecule has 0 aliphatic heterocycles. The molecule has 7 rings (SSSR count). The third kappa shape index (κ3) is 4.08. The molecule has 0 bridgehead atoms. The Labute approximate surface area is 234 Å². The summed E-state index contributed by atoms with van der Waals surface area (Å²) in [4.78, 5) is 26.4. The van der Waals surface area contributed by atoms with Crippen LogP contribution in [0.5, 0.6) is 5.75 Å². The van der Waals surface area contributed by atoms with Crippen LogP contribution in [0.25, 0.3) is 21.5 Å². The molecule has 0 saturated heterocycles. The fourth-order valence-corrected chi connectivity index (χ4v) is 5.22. The Morgan fingerprint density at radius 3 is 1.44 bits per heavy atom. The van der Waals surface area contributed by atoms with E-state index in [0.717, 1.165) is 16.2 Å². The fraction of sp³-hybridized carbons (Fsp3) is 0. The third-order valence-corrected chi connectivity index (χ3v) is 7.22. The first-order valence-corrected chi connectivity index (χ1v) is 13.0. The van der Waals surface area contributed by atoms with Gasteiger partial charge in [-0.1, -0.05) is 84.9 Å². The summed E-state index contributed by atoms with van der Waals surface area (Å²) in [6, 6.07) is 34.0. The first kappa shape index (κ1) is 24.2. The van der Waals surface area contributed by atoms with Crippen molar-refractivity contribution < 1.29 is 14.7 Å². The summed E-state index contributed by atoms with van der Waals surface area (Å²) in [6.45, 7) is 0. The van der Waals surface area contributed by atoms with Crippen LogP contribution >= 0.6 is 0 Å². The maximum Gasteiger partial charge on any atom is 0.196 e. The van der Waals surface area contributed by atoms with E-state index in [2.05, 4.69) is 20.5 Å². The van der Waals surface area contributed by atoms with Gasteiger partial charge in [-0.2, -0.15) is 0 Å². The second kappa shape index (κ2) is 9.73. The second-order valence-electron chi connectivity index (χ2n) is 9.60. The van der Waals surface area contributed by atoms with Gasteiger partial charge in [0.15, 0.2) is 11.6 Å². The summed E-state index contributed by atoms with van der Waals surface area (Å²) in [5.41, 5.74) is 3.56. The minimum absolute atomic E-state index is 0.190. The minimum Gasteiger partial charge on any atom is -0.507 e. The van der Waals surface area contributed by atoms with E-state index in [1.807, 2.05) is 54.6 Å². The number of ketones is 2. The summed E-state index contributed by atoms with van der Waals surface area (Å²) in [5.74, 6) is -0.254. The van der Waals surface area contributed by atoms with Crippen LogP contribution in [0.15, 0.2) is 136 Å². The van der Waals surface area contributed by atoms with Crippen molar-refractivity contribution in [3.8, 4) is 5.75 Å². The van der Waals surface area contributed by atoms with Gasteiger partial charge in [-0.3, -0.25) is 9.59 Å². The van der Waals surface area contributed by atoms with Crippen LogP contribution in [0.4, 0.5) is 22.7 Å². The van der Waals surface area contributed by atoms with Crippen LogP contribution in [-0.4, -0.2) is 16.7 Å². The predicted molar refractivity (Wildman–Crippen MR) is 158 cm³/mol. The van der Waals surface area contributed by atoms with Crippen LogP contribution < -0.4 is 0 Å². The Morgan fingerprint density at radius 1 is 0.390 bits per heavy atom. The molecule has 1 N–H and O–H groups in total. The van der Waals surface area contributed by atoms with Gasteiger partial charge >= 0.3 is 0 Å². The number of carbonyl (C=O) groups excluding carboxylic acids is 2. The summed E-state index contributed by atoms with van der Waals surface area (Å²) in [7, 11) is 0. The van der Waals surface area contributed by atoms with E-state index in [0.29, 0.717) is 44.8 Å². The van der Waals surface area contributed by atoms with Crippen molar-refractivity contribution in [1.29, 1.82) is 0 Å². The molecule has 7 nitrogen and oxygen atoms in total. The van der Waals surface area contributed by atoms with E-state index in [4.69, 9.17) is 0 Å². The topological polar surface area (TPSA) is 104 Å². The number of hydrogen-bond donors (Lipinski definition) is 1. The molecule has 0 radical (unpaired) electrons. The summed E-state index contributed by atoms with van der Waals surface area (Å²) < 4.78 is 0. The molecular formula is C34H20N4O3. The number of hydrogen-bond acceptors (Lipinski definition) is 7. The van der Waals surface area contributed by atoms with Crippen molar-refractivity contribution in [2.24, 2.45) is 20.5 Å². The Balaban J connectivity index is 1.27. The molecule has 0 atom stereocenters. The first-order chi connectivity index (χ1) is 20.1. The van der Waals surface area contributed by atoms with Crippen molar-refractivity contribution >= 4 is 55.9 Å². The van der Waals surface area contributed by atoms with Gasteiger partial charge in [0, 0.05) is 38.2 Å². The number of azo groups is 2. The van der Waals surface area contributed by atoms with Crippen molar-refractivity contribution in [1.82, 2.24) is 0 Å². The molecule has 41 heavy (non-hydrogen) atoms. The molecule has 1 aliphatic rings. The van der Waals surface area contributed by atoms with Gasteiger partial charge in [0.05, 0.1) is 28.3 Å². The number of phenols is 1. The molecule has 194 valence electrons. The highest BCUT2D eigenvalue weighted by Crippen LogP contribution is 2.38. The zero-order chi connectivity index (χ0) is 27.9. The van der Waals surface area contributed by atoms with Gasteiger partial charge in [-0.05, 0) is 30.3 Å². The van der Waals surface area contributed by atoms with E-state index in [1.165, 1.54) is 0 Å². The lowest BCUT2D eigenvalue weighted by Gasteiger charge is -2.18. The van der Waals surface area contributed by atoms with Gasteiger partial charge in [-0.25, -0.2) is 0 Å². The summed E-state index contributed by atoms with van der Waals surface area (Å²) >= 11 is 0. The Kier molecular flexibility index (Phi) is 5.75. The lowest BCUT2D eigenvalue weighted by molar-refractivity contribution is 0.0979. The van der Waals surface area contributed by atoms with E-state index < -0.39 is 0 Å². The number of nitrogens with zero attached hydrogens (tertiary/aromatic N) is 4. The molecule has 7 heteroatoms. The number of aromatic hydroxyl groups is 1. The molecule has 0 unspecified atom stereocenters. The third-order valence-electron chi connectivity index (χ3n) is 7.22. The molecule has 6 aromatic rings. The number of fused-ring (bicyclic) bond motifs is 4. The molecular weight excluding hydrogens is 512 g/mol. The van der Waals surface area contributed by atoms with Crippen LogP contribution in [0.1, 0.15) is 31.8 Å². The molecule has 0 fully saturated rings. The average Bonchev–Trinajstić information content (AvgIpc) is 3.02. The highest BCUT2D eigenvalue weighted by molar-refractivity contribution is 6.30. The Hall–Kier alpha value is -5.82. The fourth-order valence-electron chi connectivity index (χ4n) is 5.22. The number of phenolic OH excluding ortho intramolecular Hbond substituents is 1. The molecule has 0 aromatic heterocycles. The van der Waals surface area contributed by atoms with E-state index in [1.54, 1.807) is 60.7 Å². The Morgan fingerprint density at radius 2 is 0.829 bits per heavy atom. The largest absolute Gasteiger partial charge is 0.507 e. The lowest BCUT2D eigenvalue weighted by atomic mass is 9.83. The monoisotopic (exact) mass is 532 g/mol. The van der Waals surface area contributed by atoms with Crippen molar-refractivity contribution in [3.05, 3.63) is 138 Å². The average molecular weight is 533 g/mol. The number of benzene rings is 6. The van der Waals surface area contributed by atoms with Crippen LogP contribution in [-0.2, 0) is 0 Å². The molecule has 0 heterocycles. The standard InChI is InChI=1S/C34H20N4O3/c39-31-19-18-29(22-10-3-4-11-23(22)31)36-35-27-16-17-28(21-9-2-1-8-20(21)27)37-38-30-15-7-14-26-32(30)34(41)25-13-6-5-12-24(25)33(26)40/h1-19,39H. The van der Waals surface area contributed by atoms with Crippen molar-refractivity contribution in [3.63, 3.8) is 0 Å². The molecule has 0 amide bonds. The van der Waals surface area contributed by atoms with E-state index >= 15 is 0 Å². The summed E-state index contributed by atoms with van der Waals surface area (Å²) in [6.07, 6.45) is 0. The van der Waals surface area contributed by atoms with Crippen molar-refractivity contribution in [2.45, 2.75) is 0 Å². The zero-order valence-electron chi connectivity index (χ0n) is 21.5. The van der Waals surface area contributed by atoms with Crippen LogP contribution in [0.3, 0.4) is 0 Å². The normalized spacial score (nSPS) is 12.9. The molecule has 0 saturated carbocycles. The van der Waals surface area contributed by atoms with Gasteiger partial charge < -0.3 is 5.11 Å². The van der Waals surface area contributed by atoms with E-state index in [9.17, 15) is 14.7 Å². The van der Waals surface area contributed by atoms with Crippen molar-refractivity contribution in [2.75, 3.05) is 0 Å². The SMILES string of the molecule is O=C1c2ccccc2C(=O)c2c(N=Nc3ccc(N=Nc4ccc(O)c5ccccc45)c4ccccc34)cccc21. The predicted octanol–water partition coefficient (Wildman–Crippen LogP) is 9.30. The number of carbonyl (C=O) groups is 2. The van der Waals surface area contributed by atoms with Gasteiger partial charge in [-0.15, -0.1) is 20.5 Å². The van der Waals surface area contributed by atoms with Gasteiger partial charge in [0.25, 0.3) is 0 Å². The Bertz CT molecular complexity index is 2110. The first-order valence-electron chi connectivity index (χ1n) is 13.0. The van der Waals surface area contributed by atoms with E-state index in [-0.39, 0.29) is 22.9 Å². The zero-order valence-corrected chi connectivity index (χ0v) is 21.5.